The molecule has 0 aliphatic heterocycles. The summed E-state index contributed by atoms with van der Waals surface area (Å²) in [6.07, 6.45) is 1.68. The SMILES string of the molecule is COc1ccccc1CC(=O)NCc1cccc(NC(=O)c2ccco2)c1. The monoisotopic (exact) mass is 364 g/mol. The van der Waals surface area contributed by atoms with Crippen LogP contribution in [-0.4, -0.2) is 18.9 Å². The summed E-state index contributed by atoms with van der Waals surface area (Å²) in [6.45, 7) is 0.360. The minimum absolute atomic E-state index is 0.107. The maximum absolute atomic E-state index is 12.2. The fraction of sp³-hybridized carbons (Fsp3) is 0.143. The molecule has 0 aliphatic rings. The van der Waals surface area contributed by atoms with Crippen molar-refractivity contribution in [1.82, 2.24) is 5.32 Å². The first kappa shape index (κ1) is 18.3. The fourth-order valence-electron chi connectivity index (χ4n) is 2.64. The van der Waals surface area contributed by atoms with Crippen molar-refractivity contribution in [3.63, 3.8) is 0 Å². The standard InChI is InChI=1S/C21H20N2O4/c1-26-18-9-3-2-7-16(18)13-20(24)22-14-15-6-4-8-17(12-15)23-21(25)19-10-5-11-27-19/h2-12H,13-14H2,1H3,(H,22,24)(H,23,25). The summed E-state index contributed by atoms with van der Waals surface area (Å²) < 4.78 is 10.3. The van der Waals surface area contributed by atoms with Crippen LogP contribution in [0.3, 0.4) is 0 Å². The van der Waals surface area contributed by atoms with Gasteiger partial charge in [0.05, 0.1) is 19.8 Å². The van der Waals surface area contributed by atoms with Crippen LogP contribution >= 0.6 is 0 Å². The molecule has 6 nitrogen and oxygen atoms in total. The van der Waals surface area contributed by atoms with Crippen molar-refractivity contribution in [3.8, 4) is 5.75 Å². The first-order chi connectivity index (χ1) is 13.2. The van der Waals surface area contributed by atoms with E-state index in [1.165, 1.54) is 6.26 Å². The Kier molecular flexibility index (Phi) is 5.89. The van der Waals surface area contributed by atoms with Crippen molar-refractivity contribution in [3.05, 3.63) is 83.8 Å². The Morgan fingerprint density at radius 2 is 1.89 bits per heavy atom. The van der Waals surface area contributed by atoms with Gasteiger partial charge in [-0.05, 0) is 35.9 Å². The van der Waals surface area contributed by atoms with E-state index in [0.717, 1.165) is 11.1 Å². The van der Waals surface area contributed by atoms with E-state index in [2.05, 4.69) is 10.6 Å². The molecule has 0 fully saturated rings. The molecule has 0 radical (unpaired) electrons. The predicted octanol–water partition coefficient (Wildman–Crippen LogP) is 3.40. The summed E-state index contributed by atoms with van der Waals surface area (Å²) in [4.78, 5) is 24.3. The summed E-state index contributed by atoms with van der Waals surface area (Å²) in [6, 6.07) is 18.0. The van der Waals surface area contributed by atoms with Gasteiger partial charge in [-0.1, -0.05) is 30.3 Å². The van der Waals surface area contributed by atoms with Gasteiger partial charge in [-0.15, -0.1) is 0 Å². The van der Waals surface area contributed by atoms with Crippen molar-refractivity contribution >= 4 is 17.5 Å². The number of ether oxygens (including phenoxy) is 1. The van der Waals surface area contributed by atoms with Gasteiger partial charge in [0.1, 0.15) is 5.75 Å². The van der Waals surface area contributed by atoms with E-state index < -0.39 is 0 Å². The molecule has 0 atom stereocenters. The Labute approximate surface area is 157 Å². The van der Waals surface area contributed by atoms with Gasteiger partial charge in [0, 0.05) is 17.8 Å². The largest absolute Gasteiger partial charge is 0.496 e. The van der Waals surface area contributed by atoms with Crippen LogP contribution in [0.1, 0.15) is 21.7 Å². The van der Waals surface area contributed by atoms with Gasteiger partial charge in [-0.3, -0.25) is 9.59 Å². The van der Waals surface area contributed by atoms with E-state index in [1.807, 2.05) is 42.5 Å². The number of nitrogens with one attached hydrogen (secondary N) is 2. The molecule has 0 bridgehead atoms. The number of carbonyl (C=O) groups is 2. The van der Waals surface area contributed by atoms with Crippen LogP contribution in [-0.2, 0) is 17.8 Å². The number of benzene rings is 2. The molecule has 27 heavy (non-hydrogen) atoms. The van der Waals surface area contributed by atoms with E-state index in [4.69, 9.17) is 9.15 Å². The van der Waals surface area contributed by atoms with E-state index in [-0.39, 0.29) is 24.0 Å². The second-order valence-corrected chi connectivity index (χ2v) is 5.90. The van der Waals surface area contributed by atoms with E-state index in [0.29, 0.717) is 18.0 Å². The molecule has 0 saturated heterocycles. The van der Waals surface area contributed by atoms with Crippen molar-refractivity contribution in [2.45, 2.75) is 13.0 Å². The Bertz CT molecular complexity index is 919. The number of anilines is 1. The van der Waals surface area contributed by atoms with Crippen LogP contribution in [0.4, 0.5) is 5.69 Å². The molecule has 6 heteroatoms. The van der Waals surface area contributed by atoms with Crippen molar-refractivity contribution < 1.29 is 18.7 Å². The maximum atomic E-state index is 12.2. The van der Waals surface area contributed by atoms with Crippen LogP contribution in [0.25, 0.3) is 0 Å². The first-order valence-corrected chi connectivity index (χ1v) is 8.48. The highest BCUT2D eigenvalue weighted by molar-refractivity contribution is 6.02. The zero-order chi connectivity index (χ0) is 19.1. The lowest BCUT2D eigenvalue weighted by molar-refractivity contribution is -0.120. The van der Waals surface area contributed by atoms with Crippen molar-refractivity contribution in [2.24, 2.45) is 0 Å². The molecule has 3 aromatic rings. The van der Waals surface area contributed by atoms with Gasteiger partial charge in [0.25, 0.3) is 5.91 Å². The van der Waals surface area contributed by atoms with E-state index >= 15 is 0 Å². The van der Waals surface area contributed by atoms with Crippen molar-refractivity contribution in [2.75, 3.05) is 12.4 Å². The Morgan fingerprint density at radius 1 is 1.04 bits per heavy atom. The molecule has 1 aromatic heterocycles. The van der Waals surface area contributed by atoms with Crippen LogP contribution in [0, 0.1) is 0 Å². The lowest BCUT2D eigenvalue weighted by Crippen LogP contribution is -2.24. The molecule has 0 aliphatic carbocycles. The normalized spacial score (nSPS) is 10.3. The number of hydrogen-bond acceptors (Lipinski definition) is 4. The van der Waals surface area contributed by atoms with Gasteiger partial charge in [0.2, 0.25) is 5.91 Å². The average molecular weight is 364 g/mol. The van der Waals surface area contributed by atoms with Crippen LogP contribution in [0.5, 0.6) is 5.75 Å². The van der Waals surface area contributed by atoms with Gasteiger partial charge >= 0.3 is 0 Å². The summed E-state index contributed by atoms with van der Waals surface area (Å²) >= 11 is 0. The third kappa shape index (κ3) is 4.98. The molecule has 2 amide bonds. The lowest BCUT2D eigenvalue weighted by Gasteiger charge is -2.10. The van der Waals surface area contributed by atoms with Crippen LogP contribution in [0.15, 0.2) is 71.3 Å². The number of para-hydroxylation sites is 1. The zero-order valence-electron chi connectivity index (χ0n) is 14.9. The quantitative estimate of drug-likeness (QED) is 0.673. The van der Waals surface area contributed by atoms with Gasteiger partial charge in [0.15, 0.2) is 5.76 Å². The van der Waals surface area contributed by atoms with Gasteiger partial charge in [-0.25, -0.2) is 0 Å². The molecule has 0 spiro atoms. The lowest BCUT2D eigenvalue weighted by atomic mass is 10.1. The van der Waals surface area contributed by atoms with Crippen LogP contribution < -0.4 is 15.4 Å². The van der Waals surface area contributed by atoms with E-state index in [1.54, 1.807) is 25.3 Å². The van der Waals surface area contributed by atoms with Crippen LogP contribution in [0.2, 0.25) is 0 Å². The third-order valence-corrected chi connectivity index (χ3v) is 3.96. The molecule has 1 heterocycles. The fourth-order valence-corrected chi connectivity index (χ4v) is 2.64. The smallest absolute Gasteiger partial charge is 0.291 e. The highest BCUT2D eigenvalue weighted by Gasteiger charge is 2.10. The molecule has 138 valence electrons. The second-order valence-electron chi connectivity index (χ2n) is 5.90. The minimum atomic E-state index is -0.322. The molecule has 3 rings (SSSR count). The van der Waals surface area contributed by atoms with Crippen molar-refractivity contribution in [1.29, 1.82) is 0 Å². The molecule has 0 unspecified atom stereocenters. The molecule has 2 N–H and O–H groups in total. The highest BCUT2D eigenvalue weighted by atomic mass is 16.5. The first-order valence-electron chi connectivity index (χ1n) is 8.48. The highest BCUT2D eigenvalue weighted by Crippen LogP contribution is 2.18. The maximum Gasteiger partial charge on any atom is 0.291 e. The topological polar surface area (TPSA) is 80.6 Å². The number of amides is 2. The number of rotatable bonds is 7. The molecule has 2 aromatic carbocycles. The number of furan rings is 1. The van der Waals surface area contributed by atoms with Gasteiger partial charge < -0.3 is 19.8 Å². The van der Waals surface area contributed by atoms with E-state index in [9.17, 15) is 9.59 Å². The number of methoxy groups -OCH3 is 1. The molecular formula is C21H20N2O4. The summed E-state index contributed by atoms with van der Waals surface area (Å²) in [7, 11) is 1.58. The average Bonchev–Trinajstić information content (AvgIpc) is 3.22. The third-order valence-electron chi connectivity index (χ3n) is 3.96. The Hall–Kier alpha value is -3.54. The number of hydrogen-bond donors (Lipinski definition) is 2. The minimum Gasteiger partial charge on any atom is -0.496 e. The van der Waals surface area contributed by atoms with Gasteiger partial charge in [-0.2, -0.15) is 0 Å². The number of carbonyl (C=O) groups excluding carboxylic acids is 2. The Morgan fingerprint density at radius 3 is 2.67 bits per heavy atom. The second kappa shape index (κ2) is 8.71. The summed E-state index contributed by atoms with van der Waals surface area (Å²) in [5, 5.41) is 5.65. The zero-order valence-corrected chi connectivity index (χ0v) is 14.9. The summed E-state index contributed by atoms with van der Waals surface area (Å²) in [5.41, 5.74) is 2.34. The Balaban J connectivity index is 1.56. The summed E-state index contributed by atoms with van der Waals surface area (Å²) in [5.74, 6) is 0.502. The predicted molar refractivity (Wildman–Crippen MR) is 102 cm³/mol. The molecular weight excluding hydrogens is 344 g/mol. The molecule has 0 saturated carbocycles.